The second-order valence-corrected chi connectivity index (χ2v) is 7.30. The van der Waals surface area contributed by atoms with Crippen LogP contribution in [0.4, 0.5) is 5.13 Å². The van der Waals surface area contributed by atoms with Gasteiger partial charge in [-0.1, -0.05) is 11.3 Å². The van der Waals surface area contributed by atoms with E-state index in [2.05, 4.69) is 20.6 Å². The van der Waals surface area contributed by atoms with Gasteiger partial charge in [-0.3, -0.25) is 9.78 Å². The van der Waals surface area contributed by atoms with E-state index < -0.39 is 0 Å². The van der Waals surface area contributed by atoms with Crippen LogP contribution in [0.5, 0.6) is 11.5 Å². The van der Waals surface area contributed by atoms with Crippen LogP contribution in [0.2, 0.25) is 0 Å². The normalized spacial score (nSPS) is 16.9. The number of nitrogens with zero attached hydrogens (tertiary/aromatic N) is 2. The second kappa shape index (κ2) is 7.89. The number of pyridine rings is 1. The molecule has 0 bridgehead atoms. The first-order chi connectivity index (χ1) is 13.2. The van der Waals surface area contributed by atoms with Gasteiger partial charge >= 0.3 is 0 Å². The van der Waals surface area contributed by atoms with Crippen LogP contribution in [0.1, 0.15) is 23.3 Å². The van der Waals surface area contributed by atoms with Crippen molar-refractivity contribution in [3.05, 3.63) is 42.2 Å². The number of hydrogen-bond donors (Lipinski definition) is 2. The summed E-state index contributed by atoms with van der Waals surface area (Å²) in [7, 11) is 1.57. The fourth-order valence-electron chi connectivity index (χ4n) is 2.92. The van der Waals surface area contributed by atoms with Gasteiger partial charge in [0.2, 0.25) is 0 Å². The lowest BCUT2D eigenvalue weighted by atomic mass is 10.1. The number of ether oxygens (including phenoxy) is 2. The Balaban J connectivity index is 1.50. The van der Waals surface area contributed by atoms with Gasteiger partial charge < -0.3 is 20.1 Å². The summed E-state index contributed by atoms with van der Waals surface area (Å²) in [4.78, 5) is 20.4. The Bertz CT molecular complexity index is 953. The van der Waals surface area contributed by atoms with Crippen LogP contribution in [0.25, 0.3) is 10.2 Å². The molecule has 1 saturated heterocycles. The van der Waals surface area contributed by atoms with E-state index in [1.165, 1.54) is 0 Å². The second-order valence-electron chi connectivity index (χ2n) is 6.26. The van der Waals surface area contributed by atoms with Gasteiger partial charge in [0, 0.05) is 32.0 Å². The van der Waals surface area contributed by atoms with Gasteiger partial charge in [0.25, 0.3) is 5.91 Å². The molecular weight excluding hydrogens is 364 g/mol. The van der Waals surface area contributed by atoms with Crippen molar-refractivity contribution in [1.29, 1.82) is 0 Å². The van der Waals surface area contributed by atoms with Gasteiger partial charge in [-0.05, 0) is 31.0 Å². The van der Waals surface area contributed by atoms with Gasteiger partial charge in [-0.15, -0.1) is 0 Å². The SMILES string of the molecule is CNC(=O)c1cc(Oc2ccc3nc(NC4CCCOC4)sc3c2)ccn1. The molecule has 27 heavy (non-hydrogen) atoms. The minimum absolute atomic E-state index is 0.249. The summed E-state index contributed by atoms with van der Waals surface area (Å²) in [5, 5.41) is 6.90. The third-order valence-electron chi connectivity index (χ3n) is 4.27. The number of thiazole rings is 1. The highest BCUT2D eigenvalue weighted by Gasteiger charge is 2.15. The molecule has 1 unspecified atom stereocenters. The molecule has 2 aromatic heterocycles. The molecule has 0 radical (unpaired) electrons. The molecule has 1 aromatic carbocycles. The first-order valence-electron chi connectivity index (χ1n) is 8.82. The maximum atomic E-state index is 11.7. The van der Waals surface area contributed by atoms with Crippen molar-refractivity contribution in [2.24, 2.45) is 0 Å². The zero-order chi connectivity index (χ0) is 18.6. The van der Waals surface area contributed by atoms with Gasteiger partial charge in [0.1, 0.15) is 17.2 Å². The molecule has 1 amide bonds. The van der Waals surface area contributed by atoms with Crippen molar-refractivity contribution >= 4 is 32.6 Å². The molecule has 0 aliphatic carbocycles. The molecule has 0 spiro atoms. The third-order valence-corrected chi connectivity index (χ3v) is 5.22. The van der Waals surface area contributed by atoms with Crippen LogP contribution < -0.4 is 15.4 Å². The van der Waals surface area contributed by atoms with E-state index in [0.717, 1.165) is 41.4 Å². The van der Waals surface area contributed by atoms with Crippen molar-refractivity contribution in [3.63, 3.8) is 0 Å². The van der Waals surface area contributed by atoms with E-state index in [-0.39, 0.29) is 5.91 Å². The number of fused-ring (bicyclic) bond motifs is 1. The first kappa shape index (κ1) is 17.7. The summed E-state index contributed by atoms with van der Waals surface area (Å²) >= 11 is 1.59. The molecule has 8 heteroatoms. The van der Waals surface area contributed by atoms with Crippen molar-refractivity contribution in [1.82, 2.24) is 15.3 Å². The van der Waals surface area contributed by atoms with Crippen LogP contribution in [0, 0.1) is 0 Å². The molecule has 1 atom stereocenters. The predicted octanol–water partition coefficient (Wildman–Crippen LogP) is 3.43. The minimum Gasteiger partial charge on any atom is -0.457 e. The lowest BCUT2D eigenvalue weighted by Crippen LogP contribution is -2.29. The number of benzene rings is 1. The molecule has 1 aliphatic heterocycles. The van der Waals surface area contributed by atoms with Gasteiger partial charge in [0.15, 0.2) is 5.13 Å². The summed E-state index contributed by atoms with van der Waals surface area (Å²) in [6.07, 6.45) is 3.73. The summed E-state index contributed by atoms with van der Waals surface area (Å²) < 4.78 is 12.4. The molecular formula is C19H20N4O3S. The molecule has 1 fully saturated rings. The molecule has 0 saturated carbocycles. The van der Waals surface area contributed by atoms with Gasteiger partial charge in [-0.2, -0.15) is 0 Å². The van der Waals surface area contributed by atoms with Gasteiger partial charge in [-0.25, -0.2) is 4.98 Å². The average Bonchev–Trinajstić information content (AvgIpc) is 3.10. The molecule has 2 N–H and O–H groups in total. The molecule has 140 valence electrons. The molecule has 3 heterocycles. The largest absolute Gasteiger partial charge is 0.457 e. The minimum atomic E-state index is -0.249. The number of hydrogen-bond acceptors (Lipinski definition) is 7. The topological polar surface area (TPSA) is 85.4 Å². The van der Waals surface area contributed by atoms with Crippen LogP contribution in [0.3, 0.4) is 0 Å². The van der Waals surface area contributed by atoms with E-state index in [4.69, 9.17) is 9.47 Å². The van der Waals surface area contributed by atoms with Crippen LogP contribution in [0.15, 0.2) is 36.5 Å². The number of carbonyl (C=O) groups excluding carboxylic acids is 1. The van der Waals surface area contributed by atoms with Crippen LogP contribution in [-0.4, -0.2) is 42.2 Å². The third kappa shape index (κ3) is 4.17. The predicted molar refractivity (Wildman–Crippen MR) is 105 cm³/mol. The van der Waals surface area contributed by atoms with Crippen molar-refractivity contribution < 1.29 is 14.3 Å². The highest BCUT2D eigenvalue weighted by Crippen LogP contribution is 2.32. The number of carbonyl (C=O) groups is 1. The smallest absolute Gasteiger partial charge is 0.269 e. The fourth-order valence-corrected chi connectivity index (χ4v) is 3.89. The Morgan fingerprint density at radius 1 is 1.30 bits per heavy atom. The van der Waals surface area contributed by atoms with E-state index in [0.29, 0.717) is 23.2 Å². The zero-order valence-corrected chi connectivity index (χ0v) is 15.7. The molecule has 7 nitrogen and oxygen atoms in total. The summed E-state index contributed by atoms with van der Waals surface area (Å²) in [6.45, 7) is 1.56. The number of anilines is 1. The van der Waals surface area contributed by atoms with Crippen LogP contribution in [-0.2, 0) is 4.74 Å². The molecule has 3 aromatic rings. The monoisotopic (exact) mass is 384 g/mol. The van der Waals surface area contributed by atoms with Crippen molar-refractivity contribution in [2.45, 2.75) is 18.9 Å². The maximum Gasteiger partial charge on any atom is 0.269 e. The Hall–Kier alpha value is -2.71. The first-order valence-corrected chi connectivity index (χ1v) is 9.64. The number of rotatable bonds is 5. The Kier molecular flexibility index (Phi) is 5.17. The highest BCUT2D eigenvalue weighted by molar-refractivity contribution is 7.22. The number of nitrogens with one attached hydrogen (secondary N) is 2. The Morgan fingerprint density at radius 2 is 2.19 bits per heavy atom. The van der Waals surface area contributed by atoms with Gasteiger partial charge in [0.05, 0.1) is 22.9 Å². The zero-order valence-electron chi connectivity index (χ0n) is 14.9. The maximum absolute atomic E-state index is 11.7. The Labute approximate surface area is 160 Å². The van der Waals surface area contributed by atoms with E-state index >= 15 is 0 Å². The summed E-state index contributed by atoms with van der Waals surface area (Å²) in [5.74, 6) is 0.999. The Morgan fingerprint density at radius 3 is 3.00 bits per heavy atom. The lowest BCUT2D eigenvalue weighted by molar-refractivity contribution is 0.0876. The van der Waals surface area contributed by atoms with Crippen molar-refractivity contribution in [2.75, 3.05) is 25.6 Å². The quantitative estimate of drug-likeness (QED) is 0.701. The van der Waals surface area contributed by atoms with E-state index in [9.17, 15) is 4.79 Å². The fraction of sp³-hybridized carbons (Fsp3) is 0.316. The summed E-state index contributed by atoms with van der Waals surface area (Å²) in [5.41, 5.74) is 1.24. The standard InChI is InChI=1S/C19H20N4O3S/c1-20-18(24)16-9-14(6-7-21-16)26-13-4-5-15-17(10-13)27-19(23-15)22-12-3-2-8-25-11-12/h4-7,9-10,12H,2-3,8,11H2,1H3,(H,20,24)(H,22,23). The number of amides is 1. The van der Waals surface area contributed by atoms with E-state index in [1.807, 2.05) is 18.2 Å². The van der Waals surface area contributed by atoms with Crippen LogP contribution >= 0.6 is 11.3 Å². The average molecular weight is 384 g/mol. The lowest BCUT2D eigenvalue weighted by Gasteiger charge is -2.22. The highest BCUT2D eigenvalue weighted by atomic mass is 32.1. The van der Waals surface area contributed by atoms with Crippen molar-refractivity contribution in [3.8, 4) is 11.5 Å². The number of aromatic nitrogens is 2. The molecule has 1 aliphatic rings. The summed E-state index contributed by atoms with van der Waals surface area (Å²) in [6, 6.07) is 9.41. The van der Waals surface area contributed by atoms with E-state index in [1.54, 1.807) is 36.7 Å². The molecule has 4 rings (SSSR count).